The third-order valence-corrected chi connectivity index (χ3v) is 4.17. The molecule has 1 saturated heterocycles. The van der Waals surface area contributed by atoms with Crippen molar-refractivity contribution >= 4 is 5.91 Å². The van der Waals surface area contributed by atoms with Crippen LogP contribution in [0.25, 0.3) is 0 Å². The molecule has 1 fully saturated rings. The van der Waals surface area contributed by atoms with E-state index in [0.717, 1.165) is 25.1 Å². The summed E-state index contributed by atoms with van der Waals surface area (Å²) in [5.41, 5.74) is 0.788. The number of carbonyl (C=O) groups excluding carboxylic acids is 1. The highest BCUT2D eigenvalue weighted by molar-refractivity contribution is 5.78. The van der Waals surface area contributed by atoms with Gasteiger partial charge in [-0.2, -0.15) is 0 Å². The molecule has 3 rings (SSSR count). The number of piperidine rings is 1. The average molecular weight is 344 g/mol. The number of nitrogens with zero attached hydrogens (tertiary/aromatic N) is 3. The van der Waals surface area contributed by atoms with Gasteiger partial charge in [-0.3, -0.25) is 9.78 Å². The first-order valence-electron chi connectivity index (χ1n) is 8.33. The summed E-state index contributed by atoms with van der Waals surface area (Å²) in [6.07, 6.45) is 5.08. The minimum atomic E-state index is -0.368. The standard InChI is InChI=1S/C18H21FN4O2/c1-20-11-18(24)23-7-3-4-13(12-23)16-9-21-10-17(22-16)25-15-6-2-5-14(19)8-15/h2,5-6,8-10,13,20H,3-4,7,11-12H2,1H3. The van der Waals surface area contributed by atoms with E-state index in [0.29, 0.717) is 24.7 Å². The van der Waals surface area contributed by atoms with E-state index >= 15 is 0 Å². The van der Waals surface area contributed by atoms with Crippen molar-refractivity contribution in [1.29, 1.82) is 0 Å². The Morgan fingerprint density at radius 3 is 3.12 bits per heavy atom. The predicted molar refractivity (Wildman–Crippen MR) is 91.0 cm³/mol. The maximum atomic E-state index is 13.3. The van der Waals surface area contributed by atoms with E-state index in [2.05, 4.69) is 15.3 Å². The topological polar surface area (TPSA) is 67.4 Å². The van der Waals surface area contributed by atoms with Gasteiger partial charge >= 0.3 is 0 Å². The van der Waals surface area contributed by atoms with Gasteiger partial charge in [0.15, 0.2) is 0 Å². The van der Waals surface area contributed by atoms with Crippen molar-refractivity contribution in [2.75, 3.05) is 26.7 Å². The molecule has 0 radical (unpaired) electrons. The maximum Gasteiger partial charge on any atom is 0.238 e. The third kappa shape index (κ3) is 4.51. The second-order valence-electron chi connectivity index (χ2n) is 6.05. The normalized spacial score (nSPS) is 17.4. The van der Waals surface area contributed by atoms with E-state index in [4.69, 9.17) is 4.74 Å². The molecule has 132 valence electrons. The summed E-state index contributed by atoms with van der Waals surface area (Å²) in [4.78, 5) is 22.6. The van der Waals surface area contributed by atoms with Crippen LogP contribution >= 0.6 is 0 Å². The number of hydrogen-bond donors (Lipinski definition) is 1. The van der Waals surface area contributed by atoms with Crippen LogP contribution in [0.4, 0.5) is 4.39 Å². The van der Waals surface area contributed by atoms with Crippen LogP contribution in [0.15, 0.2) is 36.7 Å². The highest BCUT2D eigenvalue weighted by atomic mass is 19.1. The molecule has 0 spiro atoms. The van der Waals surface area contributed by atoms with E-state index in [-0.39, 0.29) is 17.6 Å². The van der Waals surface area contributed by atoms with Crippen molar-refractivity contribution in [2.24, 2.45) is 0 Å². The van der Waals surface area contributed by atoms with Gasteiger partial charge in [-0.1, -0.05) is 6.07 Å². The Hall–Kier alpha value is -2.54. The van der Waals surface area contributed by atoms with Crippen molar-refractivity contribution in [3.05, 3.63) is 48.2 Å². The minimum Gasteiger partial charge on any atom is -0.437 e. The summed E-state index contributed by atoms with van der Waals surface area (Å²) < 4.78 is 18.9. The molecule has 7 heteroatoms. The van der Waals surface area contributed by atoms with Crippen LogP contribution in [-0.2, 0) is 4.79 Å². The summed E-state index contributed by atoms with van der Waals surface area (Å²) in [7, 11) is 1.76. The third-order valence-electron chi connectivity index (χ3n) is 4.17. The molecule has 1 aromatic carbocycles. The molecular formula is C18H21FN4O2. The molecule has 1 aliphatic heterocycles. The second kappa shape index (κ2) is 8.02. The Balaban J connectivity index is 1.71. The van der Waals surface area contributed by atoms with E-state index < -0.39 is 0 Å². The Bertz CT molecular complexity index is 741. The van der Waals surface area contributed by atoms with Crippen molar-refractivity contribution < 1.29 is 13.9 Å². The van der Waals surface area contributed by atoms with Crippen molar-refractivity contribution in [3.63, 3.8) is 0 Å². The van der Waals surface area contributed by atoms with Crippen molar-refractivity contribution in [3.8, 4) is 11.6 Å². The van der Waals surface area contributed by atoms with Crippen LogP contribution in [-0.4, -0.2) is 47.5 Å². The SMILES string of the molecule is CNCC(=O)N1CCCC(c2cncc(Oc3cccc(F)c3)n2)C1. The van der Waals surface area contributed by atoms with Gasteiger partial charge in [0.1, 0.15) is 11.6 Å². The quantitative estimate of drug-likeness (QED) is 0.902. The van der Waals surface area contributed by atoms with Crippen molar-refractivity contribution in [2.45, 2.75) is 18.8 Å². The summed E-state index contributed by atoms with van der Waals surface area (Å²) in [6.45, 7) is 1.73. The lowest BCUT2D eigenvalue weighted by molar-refractivity contribution is -0.131. The highest BCUT2D eigenvalue weighted by Gasteiger charge is 2.25. The number of rotatable bonds is 5. The lowest BCUT2D eigenvalue weighted by Crippen LogP contribution is -2.43. The molecule has 0 saturated carbocycles. The van der Waals surface area contributed by atoms with Gasteiger partial charge in [-0.25, -0.2) is 9.37 Å². The number of carbonyl (C=O) groups is 1. The second-order valence-corrected chi connectivity index (χ2v) is 6.05. The number of likely N-dealkylation sites (N-methyl/N-ethyl adjacent to an activating group) is 1. The molecular weight excluding hydrogens is 323 g/mol. The number of benzene rings is 1. The Kier molecular flexibility index (Phi) is 5.55. The fourth-order valence-corrected chi connectivity index (χ4v) is 2.97. The van der Waals surface area contributed by atoms with E-state index in [1.807, 2.05) is 4.90 Å². The van der Waals surface area contributed by atoms with Gasteiger partial charge in [0.05, 0.1) is 18.4 Å². The van der Waals surface area contributed by atoms with Crippen molar-refractivity contribution in [1.82, 2.24) is 20.2 Å². The van der Waals surface area contributed by atoms with E-state index in [1.165, 1.54) is 18.3 Å². The molecule has 2 heterocycles. The van der Waals surface area contributed by atoms with Gasteiger partial charge in [0.25, 0.3) is 0 Å². The molecule has 2 aromatic rings. The van der Waals surface area contributed by atoms with E-state index in [9.17, 15) is 9.18 Å². The van der Waals surface area contributed by atoms with Gasteiger partial charge in [-0.05, 0) is 32.0 Å². The molecule has 1 N–H and O–H groups in total. The monoisotopic (exact) mass is 344 g/mol. The first-order chi connectivity index (χ1) is 12.2. The Morgan fingerprint density at radius 2 is 2.32 bits per heavy atom. The largest absolute Gasteiger partial charge is 0.437 e. The van der Waals surface area contributed by atoms with Gasteiger partial charge in [0.2, 0.25) is 11.8 Å². The number of nitrogens with one attached hydrogen (secondary N) is 1. The van der Waals surface area contributed by atoms with Gasteiger partial charge < -0.3 is 15.0 Å². The van der Waals surface area contributed by atoms with Crippen LogP contribution in [0.1, 0.15) is 24.5 Å². The summed E-state index contributed by atoms with van der Waals surface area (Å²) in [5, 5.41) is 2.89. The number of ether oxygens (including phenoxy) is 1. The van der Waals surface area contributed by atoms with Crippen LogP contribution < -0.4 is 10.1 Å². The number of aromatic nitrogens is 2. The number of amides is 1. The predicted octanol–water partition coefficient (Wildman–Crippen LogP) is 2.33. The fraction of sp³-hybridized carbons (Fsp3) is 0.389. The highest BCUT2D eigenvalue weighted by Crippen LogP contribution is 2.27. The molecule has 1 unspecified atom stereocenters. The number of halogens is 1. The maximum absolute atomic E-state index is 13.3. The number of likely N-dealkylation sites (tertiary alicyclic amines) is 1. The first kappa shape index (κ1) is 17.3. The Labute approximate surface area is 146 Å². The Morgan fingerprint density at radius 1 is 1.44 bits per heavy atom. The first-order valence-corrected chi connectivity index (χ1v) is 8.33. The van der Waals surface area contributed by atoms with Crippen LogP contribution in [0, 0.1) is 5.82 Å². The number of hydrogen-bond acceptors (Lipinski definition) is 5. The lowest BCUT2D eigenvalue weighted by Gasteiger charge is -2.32. The van der Waals surface area contributed by atoms with Crippen LogP contribution in [0.2, 0.25) is 0 Å². The molecule has 1 aromatic heterocycles. The average Bonchev–Trinajstić information content (AvgIpc) is 2.62. The molecule has 0 bridgehead atoms. The van der Waals surface area contributed by atoms with Gasteiger partial charge in [0, 0.05) is 31.3 Å². The molecule has 1 amide bonds. The van der Waals surface area contributed by atoms with Crippen LogP contribution in [0.5, 0.6) is 11.6 Å². The molecule has 1 atom stereocenters. The lowest BCUT2D eigenvalue weighted by atomic mass is 9.95. The molecule has 0 aliphatic carbocycles. The summed E-state index contributed by atoms with van der Waals surface area (Å²) in [6, 6.07) is 5.89. The molecule has 6 nitrogen and oxygen atoms in total. The molecule has 25 heavy (non-hydrogen) atoms. The molecule has 1 aliphatic rings. The minimum absolute atomic E-state index is 0.0901. The zero-order valence-corrected chi connectivity index (χ0v) is 14.1. The smallest absolute Gasteiger partial charge is 0.238 e. The van der Waals surface area contributed by atoms with Gasteiger partial charge in [-0.15, -0.1) is 0 Å². The zero-order chi connectivity index (χ0) is 17.6. The van der Waals surface area contributed by atoms with E-state index in [1.54, 1.807) is 25.4 Å². The summed E-state index contributed by atoms with van der Waals surface area (Å²) in [5.74, 6) is 0.542. The van der Waals surface area contributed by atoms with Crippen LogP contribution in [0.3, 0.4) is 0 Å². The zero-order valence-electron chi connectivity index (χ0n) is 14.1. The summed E-state index contributed by atoms with van der Waals surface area (Å²) >= 11 is 0. The fourth-order valence-electron chi connectivity index (χ4n) is 2.97.